The first-order chi connectivity index (χ1) is 27.7. The number of nitrogen functional groups attached to an aromatic ring is 2. The van der Waals surface area contributed by atoms with Crippen LogP contribution in [0.15, 0.2) is 100 Å². The minimum atomic E-state index is -1.41. The maximum absolute atomic E-state index is 14.6. The number of rotatable bonds is 9. The third-order valence-electron chi connectivity index (χ3n) is 11.4. The number of anilines is 2. The minimum Gasteiger partial charge on any atom is -0.396 e. The zero-order valence-corrected chi connectivity index (χ0v) is 34.4. The predicted octanol–water partition coefficient (Wildman–Crippen LogP) is 8.03. The Morgan fingerprint density at radius 3 is 2.07 bits per heavy atom. The van der Waals surface area contributed by atoms with Crippen LogP contribution in [0.3, 0.4) is 0 Å². The number of benzene rings is 1. The van der Waals surface area contributed by atoms with Gasteiger partial charge >= 0.3 is 0 Å². The van der Waals surface area contributed by atoms with Crippen LogP contribution in [0.4, 0.5) is 11.4 Å². The quantitative estimate of drug-likeness (QED) is 0.137. The van der Waals surface area contributed by atoms with Crippen LogP contribution in [0.1, 0.15) is 44.0 Å². The number of pyridine rings is 3. The number of aromatic nitrogens is 7. The van der Waals surface area contributed by atoms with Crippen LogP contribution in [0.2, 0.25) is 0 Å². The van der Waals surface area contributed by atoms with Gasteiger partial charge in [0.1, 0.15) is 36.1 Å². The summed E-state index contributed by atoms with van der Waals surface area (Å²) in [6, 6.07) is 18.0. The van der Waals surface area contributed by atoms with Crippen molar-refractivity contribution in [2.45, 2.75) is 64.0 Å². The summed E-state index contributed by atoms with van der Waals surface area (Å²) in [5.74, 6) is 0.868. The number of hydrogen-bond acceptors (Lipinski definition) is 11. The number of thiophene rings is 2. The maximum atomic E-state index is 14.6. The number of fused-ring (bicyclic) bond motifs is 2. The zero-order valence-electron chi connectivity index (χ0n) is 31.2. The molecule has 1 aromatic carbocycles. The third-order valence-corrected chi connectivity index (χ3v) is 18.0. The molecule has 0 spiro atoms. The van der Waals surface area contributed by atoms with E-state index in [0.29, 0.717) is 19.8 Å². The molecule has 11 nitrogen and oxygen atoms in total. The lowest BCUT2D eigenvalue weighted by atomic mass is 9.92. The Morgan fingerprint density at radius 2 is 1.44 bits per heavy atom. The van der Waals surface area contributed by atoms with Crippen LogP contribution in [-0.2, 0) is 28.6 Å². The van der Waals surface area contributed by atoms with E-state index in [-0.39, 0.29) is 16.5 Å². The molecule has 2 aliphatic carbocycles. The van der Waals surface area contributed by atoms with Crippen LogP contribution in [0.5, 0.6) is 0 Å². The molecular weight excluding hydrogens is 791 g/mol. The Morgan fingerprint density at radius 1 is 0.772 bits per heavy atom. The Kier molecular flexibility index (Phi) is 9.07. The summed E-state index contributed by atoms with van der Waals surface area (Å²) in [7, 11) is -0.614. The summed E-state index contributed by atoms with van der Waals surface area (Å²) >= 11 is 2.83. The van der Waals surface area contributed by atoms with E-state index >= 15 is 0 Å². The Hall–Kier alpha value is -5.22. The highest BCUT2D eigenvalue weighted by atomic mass is 32.2. The lowest BCUT2D eigenvalue weighted by Crippen LogP contribution is -2.53. The molecular formula is C42H38N9O2S4+. The van der Waals surface area contributed by atoms with E-state index in [4.69, 9.17) is 21.4 Å². The molecule has 4 atom stereocenters. The summed E-state index contributed by atoms with van der Waals surface area (Å²) in [6.45, 7) is 1.96. The molecule has 7 aromatic heterocycles. The highest BCUT2D eigenvalue weighted by Gasteiger charge is 2.42. The molecule has 4 N–H and O–H groups in total. The van der Waals surface area contributed by atoms with Crippen molar-refractivity contribution in [3.8, 4) is 44.9 Å². The molecule has 10 rings (SSSR count). The molecule has 2 aliphatic rings. The number of hydrogen-bond donors (Lipinski definition) is 2. The van der Waals surface area contributed by atoms with Gasteiger partial charge in [-0.25, -0.2) is 19.5 Å². The van der Waals surface area contributed by atoms with Gasteiger partial charge in [-0.05, 0) is 68.0 Å². The second-order valence-corrected chi connectivity index (χ2v) is 20.5. The lowest BCUT2D eigenvalue weighted by Gasteiger charge is -2.33. The van der Waals surface area contributed by atoms with Crippen LogP contribution in [0, 0.1) is 6.92 Å². The second-order valence-electron chi connectivity index (χ2n) is 14.7. The molecule has 0 aliphatic heterocycles. The van der Waals surface area contributed by atoms with E-state index in [9.17, 15) is 8.42 Å². The number of aryl methyl sites for hydroxylation is 1. The largest absolute Gasteiger partial charge is 0.396 e. The van der Waals surface area contributed by atoms with Gasteiger partial charge in [0, 0.05) is 46.6 Å². The van der Waals surface area contributed by atoms with Crippen molar-refractivity contribution < 1.29 is 13.0 Å². The first-order valence-corrected chi connectivity index (χ1v) is 22.9. The molecule has 7 heterocycles. The first kappa shape index (κ1) is 36.1. The Labute approximate surface area is 341 Å². The van der Waals surface area contributed by atoms with Gasteiger partial charge in [0.25, 0.3) is 6.33 Å². The number of nitrogens with two attached hydrogens (primary N) is 2. The van der Waals surface area contributed by atoms with Gasteiger partial charge in [0.15, 0.2) is 6.20 Å². The SMILES string of the molecule is Cc1ncc(-c2cc(-c3cnc[n+](C4CCC4S(=O)c4sc5nc(-c6cccnc6)cc(-c6ccccc6)c5c4N)c3)nc3sc(S(=O)C4CCC4)c(N)c23)n1C. The molecule has 0 saturated heterocycles. The Balaban J connectivity index is 1.02. The molecule has 286 valence electrons. The van der Waals surface area contributed by atoms with Gasteiger partial charge in [-0.1, -0.05) is 41.7 Å². The fourth-order valence-electron chi connectivity index (χ4n) is 7.76. The summed E-state index contributed by atoms with van der Waals surface area (Å²) in [4.78, 5) is 25.2. The summed E-state index contributed by atoms with van der Waals surface area (Å²) in [5.41, 5.74) is 21.8. The molecule has 2 fully saturated rings. The van der Waals surface area contributed by atoms with Gasteiger partial charge < -0.3 is 16.0 Å². The van der Waals surface area contributed by atoms with Crippen LogP contribution in [-0.4, -0.2) is 48.4 Å². The smallest absolute Gasteiger partial charge is 0.286 e. The lowest BCUT2D eigenvalue weighted by molar-refractivity contribution is -0.733. The van der Waals surface area contributed by atoms with Crippen molar-refractivity contribution in [1.29, 1.82) is 0 Å². The van der Waals surface area contributed by atoms with Crippen LogP contribution in [0.25, 0.3) is 65.3 Å². The highest BCUT2D eigenvalue weighted by molar-refractivity contribution is 7.88. The van der Waals surface area contributed by atoms with Crippen LogP contribution >= 0.6 is 22.7 Å². The monoisotopic (exact) mass is 828 g/mol. The molecule has 0 radical (unpaired) electrons. The van der Waals surface area contributed by atoms with E-state index in [0.717, 1.165) is 103 Å². The predicted molar refractivity (Wildman–Crippen MR) is 230 cm³/mol. The number of imidazole rings is 1. The molecule has 15 heteroatoms. The van der Waals surface area contributed by atoms with Crippen molar-refractivity contribution in [2.75, 3.05) is 11.5 Å². The van der Waals surface area contributed by atoms with Crippen molar-refractivity contribution in [3.05, 3.63) is 97.7 Å². The van der Waals surface area contributed by atoms with Gasteiger partial charge in [-0.15, -0.1) is 22.7 Å². The molecule has 2 saturated carbocycles. The fraction of sp³-hybridized carbons (Fsp3) is 0.238. The average molecular weight is 829 g/mol. The summed E-state index contributed by atoms with van der Waals surface area (Å²) in [6.07, 6.45) is 15.7. The maximum Gasteiger partial charge on any atom is 0.286 e. The minimum absolute atomic E-state index is 0.0628. The van der Waals surface area contributed by atoms with Gasteiger partial charge in [0.05, 0.1) is 67.1 Å². The van der Waals surface area contributed by atoms with Crippen molar-refractivity contribution in [3.63, 3.8) is 0 Å². The highest BCUT2D eigenvalue weighted by Crippen LogP contribution is 2.47. The van der Waals surface area contributed by atoms with E-state index in [1.807, 2.05) is 67.3 Å². The van der Waals surface area contributed by atoms with Crippen LogP contribution < -0.4 is 16.0 Å². The fourth-order valence-corrected chi connectivity index (χ4v) is 14.3. The van der Waals surface area contributed by atoms with Gasteiger partial charge in [0.2, 0.25) is 0 Å². The molecule has 4 unspecified atom stereocenters. The molecule has 57 heavy (non-hydrogen) atoms. The summed E-state index contributed by atoms with van der Waals surface area (Å²) in [5, 5.41) is 1.59. The Bertz CT molecular complexity index is 2900. The number of nitrogens with zero attached hydrogens (tertiary/aromatic N) is 7. The molecule has 8 aromatic rings. The topological polar surface area (TPSA) is 159 Å². The second kappa shape index (κ2) is 14.3. The van der Waals surface area contributed by atoms with Crippen molar-refractivity contribution >= 4 is 76.1 Å². The van der Waals surface area contributed by atoms with Crippen molar-refractivity contribution in [2.24, 2.45) is 7.05 Å². The van der Waals surface area contributed by atoms with Gasteiger partial charge in [-0.2, -0.15) is 0 Å². The van der Waals surface area contributed by atoms with Gasteiger partial charge in [-0.3, -0.25) is 13.4 Å². The van der Waals surface area contributed by atoms with E-state index in [2.05, 4.69) is 37.7 Å². The van der Waals surface area contributed by atoms with E-state index in [1.165, 1.54) is 22.7 Å². The standard InChI is InChI=1S/C42H38N9O2S4/c1-23-47-20-33(50(23)2)29-17-31(49-40-36(29)38(44)41(54-40)56(52)27-11-6-12-27)26-19-46-22-51(21-26)32-13-14-34(32)57(53)42-37(43)35-28(24-8-4-3-5-9-24)16-30(48-39(35)55-42)25-10-7-15-45-18-25/h3-5,7-10,15-22,27,32,34H,6,11-14,43-44H2,1-2H3/q+1. The van der Waals surface area contributed by atoms with E-state index in [1.54, 1.807) is 24.9 Å². The third kappa shape index (κ3) is 6.10. The first-order valence-electron chi connectivity index (χ1n) is 18.8. The average Bonchev–Trinajstić information content (AvgIpc) is 3.84. The molecule has 0 amide bonds. The van der Waals surface area contributed by atoms with Crippen molar-refractivity contribution in [1.82, 2.24) is 29.5 Å². The summed E-state index contributed by atoms with van der Waals surface area (Å²) < 4.78 is 33.7. The van der Waals surface area contributed by atoms with E-state index < -0.39 is 21.6 Å². The molecule has 0 bridgehead atoms. The normalized spacial score (nSPS) is 18.1. The zero-order chi connectivity index (χ0) is 38.9.